The molecule has 2 aromatic heterocycles. The van der Waals surface area contributed by atoms with Gasteiger partial charge in [-0.15, -0.1) is 6.42 Å². The van der Waals surface area contributed by atoms with Gasteiger partial charge >= 0.3 is 6.09 Å². The predicted molar refractivity (Wildman–Crippen MR) is 132 cm³/mol. The number of hydrogen-bond donors (Lipinski definition) is 1. The molecule has 0 aliphatic carbocycles. The third-order valence-electron chi connectivity index (χ3n) is 7.03. The number of nitrogens with zero attached hydrogens (tertiary/aromatic N) is 5. The van der Waals surface area contributed by atoms with Crippen LogP contribution in [0, 0.1) is 24.0 Å². The van der Waals surface area contributed by atoms with Crippen molar-refractivity contribution in [1.82, 2.24) is 19.9 Å². The Balaban J connectivity index is 1.51. The highest BCUT2D eigenvalue weighted by Gasteiger charge is 2.43. The summed E-state index contributed by atoms with van der Waals surface area (Å²) < 4.78 is 30.5. The van der Waals surface area contributed by atoms with Crippen molar-refractivity contribution in [2.45, 2.75) is 24.9 Å². The maximum absolute atomic E-state index is 16.0. The number of halogens is 3. The van der Waals surface area contributed by atoms with E-state index in [4.69, 9.17) is 18.0 Å². The maximum atomic E-state index is 16.0. The van der Waals surface area contributed by atoms with E-state index >= 15 is 4.39 Å². The molecule has 0 radical (unpaired) electrons. The summed E-state index contributed by atoms with van der Waals surface area (Å²) in [6, 6.07) is 7.60. The number of hydrogen-bond acceptors (Lipinski definition) is 5. The van der Waals surface area contributed by atoms with Crippen LogP contribution in [-0.2, 0) is 0 Å². The van der Waals surface area contributed by atoms with Crippen molar-refractivity contribution in [2.75, 3.05) is 18.0 Å². The lowest BCUT2D eigenvalue weighted by Gasteiger charge is -2.40. The van der Waals surface area contributed by atoms with Gasteiger partial charge in [0.1, 0.15) is 22.8 Å². The van der Waals surface area contributed by atoms with Crippen molar-refractivity contribution in [1.29, 1.82) is 0 Å². The lowest BCUT2D eigenvalue weighted by atomic mass is 9.96. The minimum atomic E-state index is -0.942. The van der Waals surface area contributed by atoms with Crippen molar-refractivity contribution < 1.29 is 18.7 Å². The minimum Gasteiger partial charge on any atom is -0.465 e. The minimum absolute atomic E-state index is 0.0255. The summed E-state index contributed by atoms with van der Waals surface area (Å²) in [4.78, 5) is 28.0. The normalized spacial score (nSPS) is 19.2. The molecule has 2 bridgehead atoms. The van der Waals surface area contributed by atoms with Crippen molar-refractivity contribution >= 4 is 45.2 Å². The largest absolute Gasteiger partial charge is 0.465 e. The molecule has 0 saturated carbocycles. The first kappa shape index (κ1) is 22.4. The van der Waals surface area contributed by atoms with E-state index in [2.05, 4.69) is 20.9 Å². The molecular weight excluding hydrogens is 488 g/mol. The summed E-state index contributed by atoms with van der Waals surface area (Å²) in [6.45, 7) is 0.811. The molecule has 2 aromatic carbocycles. The van der Waals surface area contributed by atoms with Crippen LogP contribution in [0.5, 0.6) is 0 Å². The van der Waals surface area contributed by atoms with Gasteiger partial charge in [0.05, 0.1) is 23.0 Å². The van der Waals surface area contributed by atoms with Gasteiger partial charge in [-0.25, -0.2) is 18.6 Å². The van der Waals surface area contributed by atoms with Gasteiger partial charge in [0.15, 0.2) is 5.82 Å². The Kier molecular flexibility index (Phi) is 5.16. The van der Waals surface area contributed by atoms with Crippen LogP contribution in [0.2, 0.25) is 5.28 Å². The number of carboxylic acid groups (broad SMARTS) is 1. The first-order valence-corrected chi connectivity index (χ1v) is 11.7. The fraction of sp³-hybridized carbons (Fsp3) is 0.231. The summed E-state index contributed by atoms with van der Waals surface area (Å²) in [5.74, 6) is 1.46. The highest BCUT2D eigenvalue weighted by atomic mass is 35.5. The van der Waals surface area contributed by atoms with Gasteiger partial charge in [-0.1, -0.05) is 30.2 Å². The average Bonchev–Trinajstić information content (AvgIpc) is 3.14. The zero-order valence-corrected chi connectivity index (χ0v) is 19.5. The molecule has 4 aromatic rings. The molecule has 6 rings (SSSR count). The van der Waals surface area contributed by atoms with Gasteiger partial charge in [0.25, 0.3) is 0 Å². The van der Waals surface area contributed by atoms with E-state index in [-0.39, 0.29) is 34.1 Å². The number of rotatable bonds is 2. The molecule has 4 heterocycles. The standard InChI is InChI=1S/C26H18ClF2N5O2/c1-2-16-19(28)9-6-13-4-3-5-17(20(13)16)22-21(29)23-18(10-30-22)24(32-25(27)31-23)33-11-14-7-8-15(12-33)34(14)26(35)36/h1,3-6,9-10,14-15H,7-8,11-12H2,(H,35,36). The number of amides is 1. The molecule has 2 saturated heterocycles. The third kappa shape index (κ3) is 3.33. The lowest BCUT2D eigenvalue weighted by molar-refractivity contribution is 0.114. The van der Waals surface area contributed by atoms with Gasteiger partial charge in [-0.3, -0.25) is 9.88 Å². The van der Waals surface area contributed by atoms with E-state index in [0.717, 1.165) is 12.8 Å². The number of benzene rings is 2. The molecule has 2 aliphatic heterocycles. The van der Waals surface area contributed by atoms with E-state index in [1.165, 1.54) is 17.2 Å². The van der Waals surface area contributed by atoms with Crippen LogP contribution >= 0.6 is 11.6 Å². The summed E-state index contributed by atoms with van der Waals surface area (Å²) in [6.07, 6.45) is 7.60. The highest BCUT2D eigenvalue weighted by Crippen LogP contribution is 2.38. The van der Waals surface area contributed by atoms with E-state index < -0.39 is 17.7 Å². The fourth-order valence-electron chi connectivity index (χ4n) is 5.52. The topological polar surface area (TPSA) is 82.5 Å². The number of aromatic nitrogens is 3. The maximum Gasteiger partial charge on any atom is 0.407 e. The Hall–Kier alpha value is -4.03. The molecule has 2 atom stereocenters. The SMILES string of the molecule is C#Cc1c(F)ccc2cccc(-c3ncc4c(N5CC6CCC(C5)N6C(=O)O)nc(Cl)nc4c3F)c12. The molecule has 180 valence electrons. The van der Waals surface area contributed by atoms with E-state index in [1.807, 2.05) is 4.90 Å². The van der Waals surface area contributed by atoms with Gasteiger partial charge < -0.3 is 10.0 Å². The number of pyridine rings is 1. The molecule has 2 aliphatic rings. The highest BCUT2D eigenvalue weighted by molar-refractivity contribution is 6.28. The van der Waals surface area contributed by atoms with E-state index in [9.17, 15) is 14.3 Å². The predicted octanol–water partition coefficient (Wildman–Crippen LogP) is 5.09. The number of fused-ring (bicyclic) bond motifs is 4. The van der Waals surface area contributed by atoms with Crippen LogP contribution in [0.4, 0.5) is 19.4 Å². The Morgan fingerprint density at radius 1 is 1.14 bits per heavy atom. The van der Waals surface area contributed by atoms with Crippen LogP contribution in [0.25, 0.3) is 32.9 Å². The molecule has 7 nitrogen and oxygen atoms in total. The Morgan fingerprint density at radius 2 is 1.89 bits per heavy atom. The third-order valence-corrected chi connectivity index (χ3v) is 7.20. The van der Waals surface area contributed by atoms with Crippen LogP contribution < -0.4 is 4.90 Å². The Labute approximate surface area is 209 Å². The summed E-state index contributed by atoms with van der Waals surface area (Å²) in [7, 11) is 0. The molecular formula is C26H18ClF2N5O2. The zero-order valence-electron chi connectivity index (χ0n) is 18.8. The van der Waals surface area contributed by atoms with Crippen LogP contribution in [0.3, 0.4) is 0 Å². The van der Waals surface area contributed by atoms with Gasteiger partial charge in [-0.05, 0) is 35.9 Å². The lowest BCUT2D eigenvalue weighted by Crippen LogP contribution is -2.55. The Bertz CT molecular complexity index is 1610. The van der Waals surface area contributed by atoms with Gasteiger partial charge in [0.2, 0.25) is 5.28 Å². The molecule has 1 amide bonds. The molecule has 2 fully saturated rings. The second-order valence-corrected chi connectivity index (χ2v) is 9.29. The van der Waals surface area contributed by atoms with Crippen molar-refractivity contribution in [2.24, 2.45) is 0 Å². The van der Waals surface area contributed by atoms with Crippen LogP contribution in [0.15, 0.2) is 36.5 Å². The Morgan fingerprint density at radius 3 is 2.58 bits per heavy atom. The van der Waals surface area contributed by atoms with Crippen LogP contribution in [-0.4, -0.2) is 56.2 Å². The van der Waals surface area contributed by atoms with Crippen molar-refractivity contribution in [3.8, 4) is 23.6 Å². The monoisotopic (exact) mass is 505 g/mol. The number of carbonyl (C=O) groups is 1. The molecule has 0 spiro atoms. The van der Waals surface area contributed by atoms with Gasteiger partial charge in [0, 0.05) is 30.2 Å². The quantitative estimate of drug-likeness (QED) is 0.302. The summed E-state index contributed by atoms with van der Waals surface area (Å²) in [5, 5.41) is 10.8. The molecule has 10 heteroatoms. The fourth-order valence-corrected chi connectivity index (χ4v) is 5.69. The summed E-state index contributed by atoms with van der Waals surface area (Å²) >= 11 is 6.23. The zero-order chi connectivity index (χ0) is 25.1. The smallest absolute Gasteiger partial charge is 0.407 e. The second-order valence-electron chi connectivity index (χ2n) is 8.95. The first-order valence-electron chi connectivity index (χ1n) is 11.3. The van der Waals surface area contributed by atoms with E-state index in [1.54, 1.807) is 24.3 Å². The summed E-state index contributed by atoms with van der Waals surface area (Å²) in [5.41, 5.74) is 0.298. The first-order chi connectivity index (χ1) is 17.4. The van der Waals surface area contributed by atoms with Crippen molar-refractivity contribution in [3.63, 3.8) is 0 Å². The van der Waals surface area contributed by atoms with Crippen molar-refractivity contribution in [3.05, 3.63) is 59.0 Å². The number of terminal acetylenes is 1. The van der Waals surface area contributed by atoms with E-state index in [0.29, 0.717) is 40.6 Å². The second kappa shape index (κ2) is 8.28. The molecule has 1 N–H and O–H groups in total. The number of anilines is 1. The molecule has 36 heavy (non-hydrogen) atoms. The van der Waals surface area contributed by atoms with Gasteiger partial charge in [-0.2, -0.15) is 4.98 Å². The average molecular weight is 506 g/mol. The van der Waals surface area contributed by atoms with Crippen LogP contribution in [0.1, 0.15) is 18.4 Å². The number of piperazine rings is 1. The molecule has 2 unspecified atom stereocenters.